The number of aryl methyl sites for hydroxylation is 1. The van der Waals surface area contributed by atoms with Crippen LogP contribution in [0.1, 0.15) is 40.1 Å². The molecule has 0 aliphatic carbocycles. The van der Waals surface area contributed by atoms with Crippen LogP contribution >= 0.6 is 0 Å². The lowest BCUT2D eigenvalue weighted by Crippen LogP contribution is -2.59. The molecule has 2 aliphatic rings. The zero-order valence-corrected chi connectivity index (χ0v) is 21.2. The lowest BCUT2D eigenvalue weighted by molar-refractivity contribution is 0.0399. The fourth-order valence-electron chi connectivity index (χ4n) is 4.46. The Kier molecular flexibility index (Phi) is 5.96. The molecule has 0 unspecified atom stereocenters. The van der Waals surface area contributed by atoms with Gasteiger partial charge in [-0.2, -0.15) is 5.10 Å². The van der Waals surface area contributed by atoms with Crippen LogP contribution in [0.5, 0.6) is 17.2 Å². The second kappa shape index (κ2) is 8.98. The number of fused-ring (bicyclic) bond motifs is 1. The van der Waals surface area contributed by atoms with Crippen LogP contribution in [0.15, 0.2) is 48.7 Å². The average Bonchev–Trinajstić information content (AvgIpc) is 3.33. The van der Waals surface area contributed by atoms with E-state index in [9.17, 15) is 9.59 Å². The van der Waals surface area contributed by atoms with E-state index >= 15 is 0 Å². The van der Waals surface area contributed by atoms with E-state index in [0.717, 1.165) is 18.7 Å². The molecule has 3 aromatic rings. The molecule has 0 saturated carbocycles. The number of likely N-dealkylation sites (N-methyl/N-ethyl adjacent to an activating group) is 1. The molecule has 0 spiro atoms. The summed E-state index contributed by atoms with van der Waals surface area (Å²) in [5.74, 6) is 1.94. The first-order valence-corrected chi connectivity index (χ1v) is 12.0. The number of benzene rings is 2. The van der Waals surface area contributed by atoms with E-state index < -0.39 is 5.60 Å². The highest BCUT2D eigenvalue weighted by Gasteiger charge is 2.34. The van der Waals surface area contributed by atoms with Gasteiger partial charge >= 0.3 is 0 Å². The van der Waals surface area contributed by atoms with Crippen LogP contribution in [-0.4, -0.2) is 70.2 Å². The Bertz CT molecular complexity index is 1310. The van der Waals surface area contributed by atoms with Gasteiger partial charge in [0, 0.05) is 61.6 Å². The third-order valence-electron chi connectivity index (χ3n) is 6.58. The van der Waals surface area contributed by atoms with Crippen molar-refractivity contribution < 1.29 is 19.1 Å². The van der Waals surface area contributed by atoms with Crippen molar-refractivity contribution in [2.24, 2.45) is 7.05 Å². The molecule has 9 nitrogen and oxygen atoms in total. The number of anilines is 1. The Morgan fingerprint density at radius 3 is 2.47 bits per heavy atom. The summed E-state index contributed by atoms with van der Waals surface area (Å²) >= 11 is 0. The molecule has 5 rings (SSSR count). The molecule has 3 heterocycles. The fourth-order valence-corrected chi connectivity index (χ4v) is 4.46. The number of rotatable bonds is 6. The lowest BCUT2D eigenvalue weighted by Gasteiger charge is -2.42. The van der Waals surface area contributed by atoms with E-state index in [1.54, 1.807) is 60.4 Å². The molecule has 188 valence electrons. The van der Waals surface area contributed by atoms with Gasteiger partial charge in [0.15, 0.2) is 5.82 Å². The number of amides is 2. The Morgan fingerprint density at radius 1 is 1.11 bits per heavy atom. The van der Waals surface area contributed by atoms with Crippen LogP contribution < -0.4 is 14.8 Å². The first kappa shape index (κ1) is 23.9. The number of carbonyl (C=O) groups excluding carboxylic acids is 2. The van der Waals surface area contributed by atoms with E-state index in [1.807, 2.05) is 32.8 Å². The molecular formula is C27H31N5O4. The standard InChI is InChI=1S/C27H31N5O4/c1-27(2)14-21-22(12-18(13-23(21)36-27)25(33)28-24-10-11-31(5)29-24)35-20-8-6-17(7-9-20)26(34)32-15-19(16-32)30(3)4/h6-13,19H,14-16H2,1-5H3,(H,28,29,33). The van der Waals surface area contributed by atoms with Crippen molar-refractivity contribution in [3.05, 3.63) is 65.4 Å². The predicted molar refractivity (Wildman–Crippen MR) is 136 cm³/mol. The average molecular weight is 490 g/mol. The van der Waals surface area contributed by atoms with Crippen molar-refractivity contribution in [2.75, 3.05) is 32.5 Å². The summed E-state index contributed by atoms with van der Waals surface area (Å²) in [6, 6.07) is 12.7. The highest BCUT2D eigenvalue weighted by molar-refractivity contribution is 6.04. The first-order valence-electron chi connectivity index (χ1n) is 12.0. The molecule has 2 amide bonds. The molecular weight excluding hydrogens is 458 g/mol. The van der Waals surface area contributed by atoms with Crippen LogP contribution in [0.25, 0.3) is 0 Å². The Morgan fingerprint density at radius 2 is 1.83 bits per heavy atom. The molecule has 36 heavy (non-hydrogen) atoms. The van der Waals surface area contributed by atoms with Gasteiger partial charge in [-0.25, -0.2) is 0 Å². The topological polar surface area (TPSA) is 88.9 Å². The number of hydrogen-bond donors (Lipinski definition) is 1. The zero-order valence-electron chi connectivity index (χ0n) is 21.2. The van der Waals surface area contributed by atoms with Gasteiger partial charge in [0.05, 0.1) is 0 Å². The van der Waals surface area contributed by atoms with Gasteiger partial charge in [0.25, 0.3) is 11.8 Å². The molecule has 0 atom stereocenters. The minimum absolute atomic E-state index is 0.0175. The molecule has 9 heteroatoms. The largest absolute Gasteiger partial charge is 0.487 e. The van der Waals surface area contributed by atoms with Crippen LogP contribution in [0.3, 0.4) is 0 Å². The van der Waals surface area contributed by atoms with Crippen LogP contribution in [0.2, 0.25) is 0 Å². The SMILES string of the molecule is CN(C)C1CN(C(=O)c2ccc(Oc3cc(C(=O)Nc4ccn(C)n4)cc4c3CC(C)(C)O4)cc2)C1. The maximum Gasteiger partial charge on any atom is 0.257 e. The number of hydrogen-bond acceptors (Lipinski definition) is 6. The fraction of sp³-hybridized carbons (Fsp3) is 0.370. The van der Waals surface area contributed by atoms with E-state index in [0.29, 0.717) is 46.7 Å². The van der Waals surface area contributed by atoms with Gasteiger partial charge in [-0.05, 0) is 64.3 Å². The molecule has 1 saturated heterocycles. The van der Waals surface area contributed by atoms with Crippen molar-refractivity contribution in [1.82, 2.24) is 19.6 Å². The van der Waals surface area contributed by atoms with E-state index in [-0.39, 0.29) is 11.8 Å². The normalized spacial score (nSPS) is 16.3. The van der Waals surface area contributed by atoms with Gasteiger partial charge in [-0.1, -0.05) is 0 Å². The summed E-state index contributed by atoms with van der Waals surface area (Å²) in [6.07, 6.45) is 2.41. The summed E-state index contributed by atoms with van der Waals surface area (Å²) < 4.78 is 14.0. The van der Waals surface area contributed by atoms with Gasteiger partial charge in [0.1, 0.15) is 22.8 Å². The quantitative estimate of drug-likeness (QED) is 0.570. The van der Waals surface area contributed by atoms with Gasteiger partial charge in [0.2, 0.25) is 0 Å². The number of aromatic nitrogens is 2. The van der Waals surface area contributed by atoms with E-state index in [1.165, 1.54) is 0 Å². The van der Waals surface area contributed by atoms with Crippen molar-refractivity contribution in [2.45, 2.75) is 31.9 Å². The molecule has 2 aromatic carbocycles. The minimum atomic E-state index is -0.408. The maximum atomic E-state index is 13.0. The van der Waals surface area contributed by atoms with Gasteiger partial charge in [-0.15, -0.1) is 0 Å². The summed E-state index contributed by atoms with van der Waals surface area (Å²) in [7, 11) is 5.84. The van der Waals surface area contributed by atoms with Crippen molar-refractivity contribution in [1.29, 1.82) is 0 Å². The van der Waals surface area contributed by atoms with Gasteiger partial charge in [-0.3, -0.25) is 14.3 Å². The third-order valence-corrected chi connectivity index (χ3v) is 6.58. The molecule has 0 radical (unpaired) electrons. The Labute approximate surface area is 210 Å². The summed E-state index contributed by atoms with van der Waals surface area (Å²) in [4.78, 5) is 29.7. The zero-order chi connectivity index (χ0) is 25.6. The van der Waals surface area contributed by atoms with Crippen molar-refractivity contribution in [3.8, 4) is 17.2 Å². The smallest absolute Gasteiger partial charge is 0.257 e. The summed E-state index contributed by atoms with van der Waals surface area (Å²) in [5, 5.41) is 7.01. The number of ether oxygens (including phenoxy) is 2. The molecule has 2 aliphatic heterocycles. The minimum Gasteiger partial charge on any atom is -0.487 e. The highest BCUT2D eigenvalue weighted by Crippen LogP contribution is 2.43. The number of nitrogens with one attached hydrogen (secondary N) is 1. The monoisotopic (exact) mass is 489 g/mol. The van der Waals surface area contributed by atoms with E-state index in [2.05, 4.69) is 15.3 Å². The number of likely N-dealkylation sites (tertiary alicyclic amines) is 1. The van der Waals surface area contributed by atoms with Gasteiger partial charge < -0.3 is 24.6 Å². The number of nitrogens with zero attached hydrogens (tertiary/aromatic N) is 4. The second-order valence-corrected chi connectivity index (χ2v) is 10.3. The highest BCUT2D eigenvalue weighted by atomic mass is 16.5. The van der Waals surface area contributed by atoms with Crippen LogP contribution in [-0.2, 0) is 13.5 Å². The predicted octanol–water partition coefficient (Wildman–Crippen LogP) is 3.56. The Balaban J connectivity index is 1.35. The molecule has 1 N–H and O–H groups in total. The molecule has 0 bridgehead atoms. The van der Waals surface area contributed by atoms with Crippen molar-refractivity contribution >= 4 is 17.6 Å². The summed E-state index contributed by atoms with van der Waals surface area (Å²) in [6.45, 7) is 5.47. The van der Waals surface area contributed by atoms with Crippen LogP contribution in [0, 0.1) is 0 Å². The van der Waals surface area contributed by atoms with Crippen molar-refractivity contribution in [3.63, 3.8) is 0 Å². The first-order chi connectivity index (χ1) is 17.1. The third kappa shape index (κ3) is 4.79. The number of carbonyl (C=O) groups is 2. The molecule has 1 fully saturated rings. The summed E-state index contributed by atoms with van der Waals surface area (Å²) in [5.41, 5.74) is 1.53. The maximum absolute atomic E-state index is 13.0. The lowest BCUT2D eigenvalue weighted by atomic mass is 9.99. The second-order valence-electron chi connectivity index (χ2n) is 10.3. The molecule has 1 aromatic heterocycles. The van der Waals surface area contributed by atoms with E-state index in [4.69, 9.17) is 9.47 Å². The Hall–Kier alpha value is -3.85. The van der Waals surface area contributed by atoms with Crippen LogP contribution in [0.4, 0.5) is 5.82 Å².